The quantitative estimate of drug-likeness (QED) is 0.437. The van der Waals surface area contributed by atoms with Crippen LogP contribution < -0.4 is 0 Å². The van der Waals surface area contributed by atoms with Gasteiger partial charge in [-0.2, -0.15) is 6.58 Å². The van der Waals surface area contributed by atoms with Crippen molar-refractivity contribution in [2.24, 2.45) is 0 Å². The van der Waals surface area contributed by atoms with Crippen LogP contribution in [0.15, 0.2) is 24.8 Å². The Morgan fingerprint density at radius 2 is 2.33 bits per heavy atom. The molecule has 0 N–H and O–H groups in total. The van der Waals surface area contributed by atoms with Gasteiger partial charge in [-0.15, -0.1) is 0 Å². The summed E-state index contributed by atoms with van der Waals surface area (Å²) in [4.78, 5) is 0. The molecule has 0 nitrogen and oxygen atoms in total. The van der Waals surface area contributed by atoms with Crippen molar-refractivity contribution in [3.63, 3.8) is 0 Å². The second kappa shape index (κ2) is 5.74. The molecule has 0 aliphatic heterocycles. The molecule has 0 aliphatic rings. The van der Waals surface area contributed by atoms with Gasteiger partial charge in [0.25, 0.3) is 0 Å². The Bertz CT molecular complexity index is 140. The zero-order chi connectivity index (χ0) is 5.11. The van der Waals surface area contributed by atoms with Crippen molar-refractivity contribution in [2.75, 3.05) is 0 Å². The molecular weight excluding hydrogens is 152 g/mol. The van der Waals surface area contributed by atoms with Crippen molar-refractivity contribution in [3.05, 3.63) is 43.8 Å². The van der Waals surface area contributed by atoms with E-state index in [0.717, 1.165) is 5.56 Å². The van der Waals surface area contributed by atoms with Crippen LogP contribution in [0.1, 0.15) is 5.56 Å². The molecule has 0 atom stereocenters. The van der Waals surface area contributed by atoms with Gasteiger partial charge in [-0.25, -0.2) is 6.08 Å². The fourth-order valence-corrected chi connectivity index (χ4v) is 0.471. The third kappa shape index (κ3) is 3.23. The summed E-state index contributed by atoms with van der Waals surface area (Å²) in [7, 11) is 0. The molecule has 0 fully saturated rings. The van der Waals surface area contributed by atoms with Crippen LogP contribution in [0.3, 0.4) is 0 Å². The fourth-order valence-electron chi connectivity index (χ4n) is 0.471. The van der Waals surface area contributed by atoms with Crippen molar-refractivity contribution in [3.8, 4) is 0 Å². The van der Waals surface area contributed by atoms with Gasteiger partial charge in [-0.05, 0) is 0 Å². The van der Waals surface area contributed by atoms with Crippen LogP contribution in [0.5, 0.6) is 0 Å². The maximum atomic E-state index is 3.57. The van der Waals surface area contributed by atoms with Crippen LogP contribution in [0.25, 0.3) is 6.08 Å². The second-order valence-electron chi connectivity index (χ2n) is 1.33. The van der Waals surface area contributed by atoms with Crippen molar-refractivity contribution < 1.29 is 17.1 Å². The van der Waals surface area contributed by atoms with Crippen molar-refractivity contribution in [2.45, 2.75) is 0 Å². The van der Waals surface area contributed by atoms with Gasteiger partial charge >= 0.3 is 17.1 Å². The van der Waals surface area contributed by atoms with E-state index in [4.69, 9.17) is 0 Å². The first kappa shape index (κ1) is 11.4. The predicted octanol–water partition coefficient (Wildman–Crippen LogP) is 2.30. The third-order valence-corrected chi connectivity index (χ3v) is 0.842. The number of hydrogen-bond acceptors (Lipinski definition) is 0. The molecule has 49 valence electrons. The van der Waals surface area contributed by atoms with E-state index < -0.39 is 0 Å². The molecule has 0 amide bonds. The maximum Gasteiger partial charge on any atom is 3.00 e. The fraction of sp³-hybridized carbons (Fsp3) is 0. The van der Waals surface area contributed by atoms with Crippen LogP contribution >= 0.6 is 0 Å². The van der Waals surface area contributed by atoms with Gasteiger partial charge in [-0.1, -0.05) is 0 Å². The molecule has 0 heterocycles. The van der Waals surface area contributed by atoms with Crippen molar-refractivity contribution in [1.29, 1.82) is 0 Å². The maximum absolute atomic E-state index is 3.57. The Labute approximate surface area is 67.4 Å². The summed E-state index contributed by atoms with van der Waals surface area (Å²) in [6, 6.07) is 8.75. The Kier molecular flexibility index (Phi) is 7.28. The zero-order valence-corrected chi connectivity index (χ0v) is 6.47. The molecule has 9 heavy (non-hydrogen) atoms. The summed E-state index contributed by atoms with van der Waals surface area (Å²) in [6.45, 7) is 3.57. The van der Waals surface area contributed by atoms with Crippen LogP contribution in [0, 0.1) is 13.5 Å². The second-order valence-corrected chi connectivity index (χ2v) is 1.33. The molecular formula is C8H9Fe. The largest absolute Gasteiger partial charge is 3.00 e. The minimum atomic E-state index is 0. The molecule has 1 aromatic carbocycles. The van der Waals surface area contributed by atoms with E-state index in [-0.39, 0.29) is 24.5 Å². The average Bonchev–Trinajstić information content (AvgIpc) is 2.14. The average molecular weight is 161 g/mol. The van der Waals surface area contributed by atoms with Crippen molar-refractivity contribution in [1.82, 2.24) is 0 Å². The molecule has 0 aliphatic carbocycles. The molecule has 1 rings (SSSR count). The van der Waals surface area contributed by atoms with Gasteiger partial charge in [0.15, 0.2) is 0 Å². The summed E-state index contributed by atoms with van der Waals surface area (Å²) >= 11 is 0. The normalized spacial score (nSPS) is 6.67. The van der Waals surface area contributed by atoms with E-state index in [2.05, 4.69) is 12.6 Å². The number of hydrogen-bond donors (Lipinski definition) is 0. The van der Waals surface area contributed by atoms with E-state index >= 15 is 0 Å². The zero-order valence-electron chi connectivity index (χ0n) is 5.37. The summed E-state index contributed by atoms with van der Waals surface area (Å²) in [5.41, 5.74) is 1.07. The van der Waals surface area contributed by atoms with E-state index in [1.54, 1.807) is 6.08 Å². The summed E-state index contributed by atoms with van der Waals surface area (Å²) in [5, 5.41) is 0. The Morgan fingerprint density at radius 1 is 1.67 bits per heavy atom. The third-order valence-electron chi connectivity index (χ3n) is 0.842. The van der Waals surface area contributed by atoms with Crippen LogP contribution in [-0.4, -0.2) is 0 Å². The number of rotatable bonds is 1. The molecule has 0 spiro atoms. The molecule has 0 unspecified atom stereocenters. The minimum Gasteiger partial charge on any atom is -0.358 e. The van der Waals surface area contributed by atoms with Gasteiger partial charge in [-0.3, -0.25) is 23.8 Å². The first-order valence-corrected chi connectivity index (χ1v) is 2.19. The standard InChI is InChI=1S/C7H6.CH3.Fe/c1-2-7-5-3-4-6-7;;/h2-5H,1H2;1H3;/q-2;-1;+3. The molecule has 1 radical (unpaired) electrons. The topological polar surface area (TPSA) is 0 Å². The van der Waals surface area contributed by atoms with E-state index in [0.29, 0.717) is 0 Å². The van der Waals surface area contributed by atoms with Crippen LogP contribution in [0.2, 0.25) is 0 Å². The van der Waals surface area contributed by atoms with Crippen molar-refractivity contribution >= 4 is 6.08 Å². The van der Waals surface area contributed by atoms with Crippen LogP contribution in [-0.2, 0) is 17.1 Å². The monoisotopic (exact) mass is 161 g/mol. The summed E-state index contributed by atoms with van der Waals surface area (Å²) in [5.74, 6) is 0. The predicted molar refractivity (Wildman–Crippen MR) is 37.4 cm³/mol. The SMILES string of the molecule is C=Cc1[c-]cc[cH-]1.[CH3-].[Fe+3]. The smallest absolute Gasteiger partial charge is 0.358 e. The summed E-state index contributed by atoms with van der Waals surface area (Å²) in [6.07, 6.45) is 1.78. The molecule has 0 aromatic heterocycles. The molecule has 1 heteroatoms. The van der Waals surface area contributed by atoms with Crippen LogP contribution in [0.4, 0.5) is 0 Å². The molecule has 0 bridgehead atoms. The Morgan fingerprint density at radius 3 is 2.56 bits per heavy atom. The Hall–Kier alpha value is -0.391. The first-order chi connectivity index (χ1) is 3.43. The van der Waals surface area contributed by atoms with Gasteiger partial charge in [0.2, 0.25) is 0 Å². The van der Waals surface area contributed by atoms with E-state index in [1.807, 2.05) is 18.2 Å². The van der Waals surface area contributed by atoms with E-state index in [1.165, 1.54) is 0 Å². The first-order valence-electron chi connectivity index (χ1n) is 2.19. The minimum absolute atomic E-state index is 0. The van der Waals surface area contributed by atoms with Gasteiger partial charge in [0.1, 0.15) is 0 Å². The van der Waals surface area contributed by atoms with Gasteiger partial charge in [0, 0.05) is 0 Å². The molecule has 0 saturated carbocycles. The van der Waals surface area contributed by atoms with E-state index in [9.17, 15) is 0 Å². The molecule has 1 aromatic rings. The Balaban J connectivity index is 0. The summed E-state index contributed by atoms with van der Waals surface area (Å²) < 4.78 is 0. The van der Waals surface area contributed by atoms with Gasteiger partial charge in [0.05, 0.1) is 0 Å². The molecule has 0 saturated heterocycles. The van der Waals surface area contributed by atoms with Gasteiger partial charge < -0.3 is 13.5 Å².